The first-order valence-corrected chi connectivity index (χ1v) is 7.66. The van der Waals surface area contributed by atoms with E-state index in [1.807, 2.05) is 12.1 Å². The molecule has 0 saturated carbocycles. The van der Waals surface area contributed by atoms with Crippen LogP contribution in [0.3, 0.4) is 0 Å². The van der Waals surface area contributed by atoms with Crippen molar-refractivity contribution in [3.05, 3.63) is 54.1 Å². The summed E-state index contributed by atoms with van der Waals surface area (Å²) in [4.78, 5) is 23.9. The molecule has 0 heterocycles. The summed E-state index contributed by atoms with van der Waals surface area (Å²) in [6.45, 7) is 6.34. The van der Waals surface area contributed by atoms with Crippen molar-refractivity contribution >= 4 is 23.2 Å². The molecule has 0 aliphatic heterocycles. The van der Waals surface area contributed by atoms with Gasteiger partial charge in [0.25, 0.3) is 0 Å². The van der Waals surface area contributed by atoms with Crippen LogP contribution in [0.5, 0.6) is 5.75 Å². The molecule has 0 saturated heterocycles. The molecular formula is C19H22N2O3. The molecular weight excluding hydrogens is 304 g/mol. The number of ether oxygens (including phenoxy) is 1. The van der Waals surface area contributed by atoms with Crippen molar-refractivity contribution in [2.45, 2.75) is 26.2 Å². The lowest BCUT2D eigenvalue weighted by atomic mass is 9.87. The molecule has 2 aromatic rings. The SMILES string of the molecule is COc1ccc(NC(=O)C(=O)Nc2ccc(C(C)(C)C)cc2)cc1. The van der Waals surface area contributed by atoms with Crippen LogP contribution in [-0.4, -0.2) is 18.9 Å². The Morgan fingerprint density at radius 1 is 0.792 bits per heavy atom. The highest BCUT2D eigenvalue weighted by atomic mass is 16.5. The number of carbonyl (C=O) groups excluding carboxylic acids is 2. The number of nitrogens with one attached hydrogen (secondary N) is 2. The Bertz CT molecular complexity index is 714. The van der Waals surface area contributed by atoms with Gasteiger partial charge in [0.1, 0.15) is 5.75 Å². The maximum absolute atomic E-state index is 12.0. The maximum Gasteiger partial charge on any atom is 0.314 e. The fraction of sp³-hybridized carbons (Fsp3) is 0.263. The number of methoxy groups -OCH3 is 1. The Morgan fingerprint density at radius 3 is 1.58 bits per heavy atom. The lowest BCUT2D eigenvalue weighted by molar-refractivity contribution is -0.132. The Kier molecular flexibility index (Phi) is 5.24. The van der Waals surface area contributed by atoms with Crippen LogP contribution in [0.25, 0.3) is 0 Å². The Labute approximate surface area is 142 Å². The molecule has 0 spiro atoms. The van der Waals surface area contributed by atoms with Crippen molar-refractivity contribution in [2.75, 3.05) is 17.7 Å². The van der Waals surface area contributed by atoms with Crippen molar-refractivity contribution in [3.63, 3.8) is 0 Å². The minimum Gasteiger partial charge on any atom is -0.497 e. The average Bonchev–Trinajstić information content (AvgIpc) is 2.55. The van der Waals surface area contributed by atoms with Crippen LogP contribution in [0.1, 0.15) is 26.3 Å². The van der Waals surface area contributed by atoms with Crippen LogP contribution in [-0.2, 0) is 15.0 Å². The van der Waals surface area contributed by atoms with E-state index in [1.54, 1.807) is 43.5 Å². The van der Waals surface area contributed by atoms with Gasteiger partial charge in [-0.05, 0) is 47.4 Å². The average molecular weight is 326 g/mol. The molecule has 5 nitrogen and oxygen atoms in total. The van der Waals surface area contributed by atoms with E-state index in [0.717, 1.165) is 5.56 Å². The van der Waals surface area contributed by atoms with Gasteiger partial charge in [-0.1, -0.05) is 32.9 Å². The van der Waals surface area contributed by atoms with Gasteiger partial charge >= 0.3 is 11.8 Å². The van der Waals surface area contributed by atoms with E-state index in [1.165, 1.54) is 0 Å². The van der Waals surface area contributed by atoms with Gasteiger partial charge in [-0.15, -0.1) is 0 Å². The predicted molar refractivity (Wildman–Crippen MR) is 95.4 cm³/mol. The van der Waals surface area contributed by atoms with E-state index in [4.69, 9.17) is 4.74 Å². The molecule has 2 rings (SSSR count). The van der Waals surface area contributed by atoms with E-state index in [0.29, 0.717) is 17.1 Å². The molecule has 24 heavy (non-hydrogen) atoms. The first-order valence-electron chi connectivity index (χ1n) is 7.66. The molecule has 0 unspecified atom stereocenters. The number of carbonyl (C=O) groups is 2. The van der Waals surface area contributed by atoms with Gasteiger partial charge < -0.3 is 15.4 Å². The molecule has 0 aliphatic carbocycles. The number of amides is 2. The molecule has 0 atom stereocenters. The van der Waals surface area contributed by atoms with Gasteiger partial charge in [-0.25, -0.2) is 0 Å². The van der Waals surface area contributed by atoms with Crippen LogP contribution in [0.4, 0.5) is 11.4 Å². The molecule has 0 radical (unpaired) electrons. The second-order valence-electron chi connectivity index (χ2n) is 6.46. The minimum absolute atomic E-state index is 0.0360. The third-order valence-corrected chi connectivity index (χ3v) is 3.56. The van der Waals surface area contributed by atoms with Gasteiger partial charge in [-0.3, -0.25) is 9.59 Å². The molecule has 0 bridgehead atoms. The van der Waals surface area contributed by atoms with Gasteiger partial charge in [-0.2, -0.15) is 0 Å². The highest BCUT2D eigenvalue weighted by Crippen LogP contribution is 2.23. The first kappa shape index (κ1) is 17.5. The molecule has 2 N–H and O–H groups in total. The van der Waals surface area contributed by atoms with E-state index >= 15 is 0 Å². The Hall–Kier alpha value is -2.82. The summed E-state index contributed by atoms with van der Waals surface area (Å²) in [5, 5.41) is 5.13. The van der Waals surface area contributed by atoms with Crippen molar-refractivity contribution < 1.29 is 14.3 Å². The number of rotatable bonds is 3. The third-order valence-electron chi connectivity index (χ3n) is 3.56. The summed E-state index contributed by atoms with van der Waals surface area (Å²) in [5.74, 6) is -0.759. The molecule has 0 fully saturated rings. The molecule has 5 heteroatoms. The molecule has 2 aromatic carbocycles. The second kappa shape index (κ2) is 7.17. The van der Waals surface area contributed by atoms with Crippen molar-refractivity contribution in [1.29, 1.82) is 0 Å². The summed E-state index contributed by atoms with van der Waals surface area (Å²) < 4.78 is 5.04. The molecule has 2 amide bonds. The predicted octanol–water partition coefficient (Wildman–Crippen LogP) is 3.57. The van der Waals surface area contributed by atoms with E-state index in [2.05, 4.69) is 31.4 Å². The normalized spacial score (nSPS) is 10.8. The zero-order valence-corrected chi connectivity index (χ0v) is 14.3. The van der Waals surface area contributed by atoms with Crippen molar-refractivity contribution in [1.82, 2.24) is 0 Å². The lowest BCUT2D eigenvalue weighted by Gasteiger charge is -2.19. The minimum atomic E-state index is -0.722. The zero-order chi connectivity index (χ0) is 17.7. The van der Waals surface area contributed by atoms with Crippen molar-refractivity contribution in [3.8, 4) is 5.75 Å². The van der Waals surface area contributed by atoms with Gasteiger partial charge in [0.15, 0.2) is 0 Å². The van der Waals surface area contributed by atoms with E-state index < -0.39 is 11.8 Å². The highest BCUT2D eigenvalue weighted by molar-refractivity contribution is 6.43. The maximum atomic E-state index is 12.0. The van der Waals surface area contributed by atoms with Gasteiger partial charge in [0.2, 0.25) is 0 Å². The third kappa shape index (κ3) is 4.59. The molecule has 126 valence electrons. The Morgan fingerprint density at radius 2 is 1.21 bits per heavy atom. The zero-order valence-electron chi connectivity index (χ0n) is 14.3. The molecule has 0 aliphatic rings. The Balaban J connectivity index is 1.97. The number of hydrogen-bond donors (Lipinski definition) is 2. The summed E-state index contributed by atoms with van der Waals surface area (Å²) in [6.07, 6.45) is 0. The van der Waals surface area contributed by atoms with Crippen LogP contribution >= 0.6 is 0 Å². The van der Waals surface area contributed by atoms with Gasteiger partial charge in [0.05, 0.1) is 7.11 Å². The van der Waals surface area contributed by atoms with E-state index in [-0.39, 0.29) is 5.41 Å². The smallest absolute Gasteiger partial charge is 0.314 e. The quantitative estimate of drug-likeness (QED) is 0.847. The van der Waals surface area contributed by atoms with Crippen molar-refractivity contribution in [2.24, 2.45) is 0 Å². The van der Waals surface area contributed by atoms with Crippen LogP contribution in [0.15, 0.2) is 48.5 Å². The van der Waals surface area contributed by atoms with Crippen LogP contribution < -0.4 is 15.4 Å². The topological polar surface area (TPSA) is 67.4 Å². The van der Waals surface area contributed by atoms with Crippen LogP contribution in [0.2, 0.25) is 0 Å². The van der Waals surface area contributed by atoms with E-state index in [9.17, 15) is 9.59 Å². The lowest BCUT2D eigenvalue weighted by Crippen LogP contribution is -2.29. The number of hydrogen-bond acceptors (Lipinski definition) is 3. The highest BCUT2D eigenvalue weighted by Gasteiger charge is 2.16. The monoisotopic (exact) mass is 326 g/mol. The fourth-order valence-electron chi connectivity index (χ4n) is 2.10. The second-order valence-corrected chi connectivity index (χ2v) is 6.46. The van der Waals surface area contributed by atoms with Gasteiger partial charge in [0, 0.05) is 11.4 Å². The first-order chi connectivity index (χ1) is 11.3. The van der Waals surface area contributed by atoms with Crippen LogP contribution in [0, 0.1) is 0 Å². The molecule has 0 aromatic heterocycles. The fourth-order valence-corrected chi connectivity index (χ4v) is 2.10. The summed E-state index contributed by atoms with van der Waals surface area (Å²) >= 11 is 0. The number of benzene rings is 2. The largest absolute Gasteiger partial charge is 0.497 e. The summed E-state index contributed by atoms with van der Waals surface area (Å²) in [5.41, 5.74) is 2.30. The summed E-state index contributed by atoms with van der Waals surface area (Å²) in [7, 11) is 1.56. The standard InChI is InChI=1S/C19H22N2O3/c1-19(2,3)13-5-7-14(8-6-13)20-17(22)18(23)21-15-9-11-16(24-4)12-10-15/h5-12H,1-4H3,(H,20,22)(H,21,23). The number of anilines is 2. The summed E-state index contributed by atoms with van der Waals surface area (Å²) in [6, 6.07) is 14.2.